The molecule has 0 amide bonds. The van der Waals surface area contributed by atoms with Gasteiger partial charge in [0.15, 0.2) is 0 Å². The van der Waals surface area contributed by atoms with E-state index < -0.39 is 0 Å². The van der Waals surface area contributed by atoms with Gasteiger partial charge in [-0.3, -0.25) is 9.80 Å². The first-order chi connectivity index (χ1) is 9.74. The average molecular weight is 287 g/mol. The standard InChI is InChI=1S/C16H21N3S/c1-13-16(20-12-17-13)11-19-9-8-18(2)15(10-19)14-6-4-3-5-7-14/h3-7,12,15H,8-11H2,1-2H3. The van der Waals surface area contributed by atoms with Crippen molar-refractivity contribution in [2.24, 2.45) is 0 Å². The van der Waals surface area contributed by atoms with E-state index in [-0.39, 0.29) is 0 Å². The fraction of sp³-hybridized carbons (Fsp3) is 0.438. The van der Waals surface area contributed by atoms with Crippen LogP contribution in [0.1, 0.15) is 22.2 Å². The largest absolute Gasteiger partial charge is 0.297 e. The minimum atomic E-state index is 0.498. The number of nitrogens with zero attached hydrogens (tertiary/aromatic N) is 3. The SMILES string of the molecule is Cc1ncsc1CN1CCN(C)C(c2ccccc2)C1. The predicted molar refractivity (Wildman–Crippen MR) is 83.9 cm³/mol. The lowest BCUT2D eigenvalue weighted by Crippen LogP contribution is -2.46. The van der Waals surface area contributed by atoms with Gasteiger partial charge >= 0.3 is 0 Å². The molecular formula is C16H21N3S. The van der Waals surface area contributed by atoms with Crippen LogP contribution in [0, 0.1) is 6.92 Å². The molecule has 1 unspecified atom stereocenters. The molecule has 0 bridgehead atoms. The van der Waals surface area contributed by atoms with E-state index in [4.69, 9.17) is 0 Å². The molecule has 0 N–H and O–H groups in total. The highest BCUT2D eigenvalue weighted by atomic mass is 32.1. The maximum atomic E-state index is 4.36. The number of thiazole rings is 1. The van der Waals surface area contributed by atoms with Gasteiger partial charge in [-0.25, -0.2) is 4.98 Å². The Morgan fingerprint density at radius 2 is 2.05 bits per heavy atom. The van der Waals surface area contributed by atoms with E-state index in [1.54, 1.807) is 11.3 Å². The third-order valence-corrected chi connectivity index (χ3v) is 5.05. The minimum absolute atomic E-state index is 0.498. The number of hydrogen-bond donors (Lipinski definition) is 0. The molecule has 0 saturated carbocycles. The van der Waals surface area contributed by atoms with Gasteiger partial charge in [-0.2, -0.15) is 0 Å². The van der Waals surface area contributed by atoms with Gasteiger partial charge in [0.25, 0.3) is 0 Å². The quantitative estimate of drug-likeness (QED) is 0.865. The molecule has 1 atom stereocenters. The van der Waals surface area contributed by atoms with Gasteiger partial charge in [-0.15, -0.1) is 11.3 Å². The second-order valence-corrected chi connectivity index (χ2v) is 6.44. The topological polar surface area (TPSA) is 19.4 Å². The number of benzene rings is 1. The molecule has 106 valence electrons. The summed E-state index contributed by atoms with van der Waals surface area (Å²) >= 11 is 1.77. The van der Waals surface area contributed by atoms with E-state index in [2.05, 4.69) is 59.1 Å². The molecule has 4 heteroatoms. The Balaban J connectivity index is 1.72. The van der Waals surface area contributed by atoms with Crippen molar-refractivity contribution in [2.45, 2.75) is 19.5 Å². The summed E-state index contributed by atoms with van der Waals surface area (Å²) in [6, 6.07) is 11.3. The number of piperazine rings is 1. The number of hydrogen-bond acceptors (Lipinski definition) is 4. The molecule has 1 aliphatic heterocycles. The first kappa shape index (κ1) is 13.7. The summed E-state index contributed by atoms with van der Waals surface area (Å²) in [5.74, 6) is 0. The maximum absolute atomic E-state index is 4.36. The zero-order valence-corrected chi connectivity index (χ0v) is 12.9. The highest BCUT2D eigenvalue weighted by Crippen LogP contribution is 2.25. The van der Waals surface area contributed by atoms with E-state index in [0.717, 1.165) is 26.2 Å². The van der Waals surface area contributed by atoms with Gasteiger partial charge in [-0.1, -0.05) is 30.3 Å². The summed E-state index contributed by atoms with van der Waals surface area (Å²) in [6.07, 6.45) is 0. The van der Waals surface area contributed by atoms with Gasteiger partial charge in [0.05, 0.1) is 11.2 Å². The van der Waals surface area contributed by atoms with Crippen LogP contribution in [0.3, 0.4) is 0 Å². The normalized spacial score (nSPS) is 21.2. The van der Waals surface area contributed by atoms with Crippen LogP contribution >= 0.6 is 11.3 Å². The van der Waals surface area contributed by atoms with Gasteiger partial charge in [-0.05, 0) is 19.5 Å². The lowest BCUT2D eigenvalue weighted by molar-refractivity contribution is 0.0910. The molecule has 3 nitrogen and oxygen atoms in total. The molecule has 1 aromatic carbocycles. The Hall–Kier alpha value is -1.23. The van der Waals surface area contributed by atoms with Crippen LogP contribution in [0.25, 0.3) is 0 Å². The van der Waals surface area contributed by atoms with E-state index in [0.29, 0.717) is 6.04 Å². The molecule has 1 aromatic heterocycles. The Bertz CT molecular complexity index is 552. The lowest BCUT2D eigenvalue weighted by atomic mass is 10.0. The van der Waals surface area contributed by atoms with Crippen LogP contribution in [0.4, 0.5) is 0 Å². The summed E-state index contributed by atoms with van der Waals surface area (Å²) in [6.45, 7) is 6.50. The molecule has 3 rings (SSSR count). The average Bonchev–Trinajstić information content (AvgIpc) is 2.87. The fourth-order valence-electron chi connectivity index (χ4n) is 2.79. The second-order valence-electron chi connectivity index (χ2n) is 5.50. The number of aryl methyl sites for hydroxylation is 1. The molecule has 2 heterocycles. The van der Waals surface area contributed by atoms with Crippen molar-refractivity contribution in [3.63, 3.8) is 0 Å². The molecular weight excluding hydrogens is 266 g/mol. The van der Waals surface area contributed by atoms with Crippen LogP contribution in [0.2, 0.25) is 0 Å². The molecule has 1 fully saturated rings. The maximum Gasteiger partial charge on any atom is 0.0798 e. The molecule has 20 heavy (non-hydrogen) atoms. The smallest absolute Gasteiger partial charge is 0.0798 e. The van der Waals surface area contributed by atoms with Gasteiger partial charge in [0.2, 0.25) is 0 Å². The van der Waals surface area contributed by atoms with E-state index in [1.807, 2.05) is 5.51 Å². The predicted octanol–water partition coefficient (Wildman–Crippen LogP) is 2.94. The summed E-state index contributed by atoms with van der Waals surface area (Å²) in [5, 5.41) is 0. The molecule has 1 saturated heterocycles. The van der Waals surface area contributed by atoms with Gasteiger partial charge in [0.1, 0.15) is 0 Å². The fourth-order valence-corrected chi connectivity index (χ4v) is 3.61. The van der Waals surface area contributed by atoms with Gasteiger partial charge < -0.3 is 0 Å². The number of aromatic nitrogens is 1. The number of likely N-dealkylation sites (N-methyl/N-ethyl adjacent to an activating group) is 1. The Morgan fingerprint density at radius 3 is 2.75 bits per heavy atom. The Labute approximate surface area is 124 Å². The first-order valence-electron chi connectivity index (χ1n) is 7.10. The zero-order chi connectivity index (χ0) is 13.9. The van der Waals surface area contributed by atoms with Crippen LogP contribution in [0.15, 0.2) is 35.8 Å². The van der Waals surface area contributed by atoms with E-state index in [1.165, 1.54) is 16.1 Å². The van der Waals surface area contributed by atoms with Crippen LogP contribution in [-0.4, -0.2) is 41.5 Å². The van der Waals surface area contributed by atoms with Gasteiger partial charge in [0, 0.05) is 37.1 Å². The third-order valence-electron chi connectivity index (χ3n) is 4.13. The first-order valence-corrected chi connectivity index (χ1v) is 7.98. The molecule has 0 spiro atoms. The van der Waals surface area contributed by atoms with Crippen molar-refractivity contribution < 1.29 is 0 Å². The summed E-state index contributed by atoms with van der Waals surface area (Å²) in [5.41, 5.74) is 4.56. The van der Waals surface area contributed by atoms with Crippen molar-refractivity contribution in [3.05, 3.63) is 52.0 Å². The van der Waals surface area contributed by atoms with E-state index in [9.17, 15) is 0 Å². The van der Waals surface area contributed by atoms with Crippen molar-refractivity contribution >= 4 is 11.3 Å². The zero-order valence-electron chi connectivity index (χ0n) is 12.1. The monoisotopic (exact) mass is 287 g/mol. The third kappa shape index (κ3) is 2.92. The molecule has 1 aliphatic rings. The van der Waals surface area contributed by atoms with Crippen LogP contribution in [0.5, 0.6) is 0 Å². The summed E-state index contributed by atoms with van der Waals surface area (Å²) in [4.78, 5) is 10.8. The summed E-state index contributed by atoms with van der Waals surface area (Å²) in [7, 11) is 2.23. The molecule has 0 aliphatic carbocycles. The minimum Gasteiger partial charge on any atom is -0.297 e. The Kier molecular flexibility index (Phi) is 4.15. The molecule has 2 aromatic rings. The highest BCUT2D eigenvalue weighted by Gasteiger charge is 2.25. The second kappa shape index (κ2) is 6.04. The summed E-state index contributed by atoms with van der Waals surface area (Å²) < 4.78 is 0. The molecule has 0 radical (unpaired) electrons. The van der Waals surface area contributed by atoms with E-state index >= 15 is 0 Å². The van der Waals surface area contributed by atoms with Crippen molar-refractivity contribution in [2.75, 3.05) is 26.7 Å². The van der Waals surface area contributed by atoms with Crippen LogP contribution < -0.4 is 0 Å². The van der Waals surface area contributed by atoms with Crippen molar-refractivity contribution in [1.29, 1.82) is 0 Å². The van der Waals surface area contributed by atoms with Crippen molar-refractivity contribution in [1.82, 2.24) is 14.8 Å². The lowest BCUT2D eigenvalue weighted by Gasteiger charge is -2.39. The Morgan fingerprint density at radius 1 is 1.25 bits per heavy atom. The van der Waals surface area contributed by atoms with Crippen LogP contribution in [-0.2, 0) is 6.54 Å². The highest BCUT2D eigenvalue weighted by molar-refractivity contribution is 7.09. The number of rotatable bonds is 3. The van der Waals surface area contributed by atoms with Crippen molar-refractivity contribution in [3.8, 4) is 0 Å².